The molecule has 3 nitrogen and oxygen atoms in total. The van der Waals surface area contributed by atoms with Crippen molar-refractivity contribution in [3.63, 3.8) is 0 Å². The molecule has 2 bridgehead atoms. The molecule has 2 aliphatic heterocycles. The van der Waals surface area contributed by atoms with Gasteiger partial charge in [0, 0.05) is 35.0 Å². The minimum atomic E-state index is 0.586. The van der Waals surface area contributed by atoms with Gasteiger partial charge in [-0.25, -0.2) is 0 Å². The second-order valence-electron chi connectivity index (χ2n) is 6.66. The van der Waals surface area contributed by atoms with E-state index in [1.165, 1.54) is 31.2 Å². The van der Waals surface area contributed by atoms with Crippen molar-refractivity contribution in [1.82, 2.24) is 15.2 Å². The van der Waals surface area contributed by atoms with Crippen LogP contribution in [0.5, 0.6) is 0 Å². The number of likely N-dealkylation sites (N-methyl/N-ethyl adjacent to an activating group) is 1. The maximum absolute atomic E-state index is 4.31. The maximum atomic E-state index is 4.31. The molecule has 116 valence electrons. The van der Waals surface area contributed by atoms with Crippen LogP contribution in [0.1, 0.15) is 38.2 Å². The van der Waals surface area contributed by atoms with Gasteiger partial charge in [0.05, 0.1) is 0 Å². The molecule has 3 atom stereocenters. The van der Waals surface area contributed by atoms with Crippen LogP contribution in [0.3, 0.4) is 0 Å². The zero-order valence-electron chi connectivity index (χ0n) is 13.1. The maximum Gasteiger partial charge on any atom is 0.0410 e. The highest BCUT2D eigenvalue weighted by molar-refractivity contribution is 9.10. The van der Waals surface area contributed by atoms with Crippen molar-refractivity contribution in [1.29, 1.82) is 0 Å². The average molecular weight is 352 g/mol. The lowest BCUT2D eigenvalue weighted by Gasteiger charge is -2.40. The number of nitrogens with zero attached hydrogens (tertiary/aromatic N) is 2. The van der Waals surface area contributed by atoms with Gasteiger partial charge < -0.3 is 10.2 Å². The van der Waals surface area contributed by atoms with Crippen molar-refractivity contribution in [2.24, 2.45) is 5.92 Å². The molecule has 0 radical (unpaired) electrons. The van der Waals surface area contributed by atoms with E-state index in [0.717, 1.165) is 35.4 Å². The number of aromatic nitrogens is 1. The molecule has 4 heteroatoms. The molecule has 2 saturated heterocycles. The molecule has 3 unspecified atom stereocenters. The first-order chi connectivity index (χ1) is 10.2. The van der Waals surface area contributed by atoms with Crippen LogP contribution in [0, 0.1) is 5.92 Å². The van der Waals surface area contributed by atoms with Crippen LogP contribution in [0.25, 0.3) is 0 Å². The molecule has 3 heterocycles. The van der Waals surface area contributed by atoms with E-state index >= 15 is 0 Å². The van der Waals surface area contributed by atoms with E-state index in [1.54, 1.807) is 0 Å². The first-order valence-electron chi connectivity index (χ1n) is 8.22. The Morgan fingerprint density at radius 3 is 2.67 bits per heavy atom. The Labute approximate surface area is 136 Å². The molecule has 0 saturated carbocycles. The van der Waals surface area contributed by atoms with Gasteiger partial charge in [-0.05, 0) is 79.2 Å². The molecule has 1 N–H and O–H groups in total. The highest BCUT2D eigenvalue weighted by Crippen LogP contribution is 2.39. The van der Waals surface area contributed by atoms with Crippen LogP contribution in [-0.2, 0) is 6.42 Å². The van der Waals surface area contributed by atoms with Crippen LogP contribution in [-0.4, -0.2) is 41.6 Å². The summed E-state index contributed by atoms with van der Waals surface area (Å²) in [6.07, 6.45) is 10.5. The Balaban J connectivity index is 1.70. The predicted octanol–water partition coefficient (Wildman–Crippen LogP) is 3.24. The molecule has 0 spiro atoms. The number of rotatable bonds is 5. The van der Waals surface area contributed by atoms with E-state index in [2.05, 4.69) is 51.2 Å². The Hall–Kier alpha value is -0.450. The van der Waals surface area contributed by atoms with Crippen molar-refractivity contribution in [2.45, 2.75) is 57.2 Å². The minimum Gasteiger partial charge on any atom is -0.314 e. The van der Waals surface area contributed by atoms with Gasteiger partial charge in [-0.1, -0.05) is 6.92 Å². The zero-order valence-corrected chi connectivity index (χ0v) is 14.6. The second-order valence-corrected chi connectivity index (χ2v) is 7.58. The summed E-state index contributed by atoms with van der Waals surface area (Å²) in [4.78, 5) is 6.94. The van der Waals surface area contributed by atoms with E-state index in [0.29, 0.717) is 6.04 Å². The number of hydrogen-bond donors (Lipinski definition) is 1. The largest absolute Gasteiger partial charge is 0.314 e. The Kier molecular flexibility index (Phi) is 4.97. The molecule has 0 aliphatic carbocycles. The summed E-state index contributed by atoms with van der Waals surface area (Å²) >= 11 is 3.53. The van der Waals surface area contributed by atoms with Gasteiger partial charge in [0.2, 0.25) is 0 Å². The van der Waals surface area contributed by atoms with E-state index in [9.17, 15) is 0 Å². The van der Waals surface area contributed by atoms with Crippen molar-refractivity contribution in [3.8, 4) is 0 Å². The molecule has 21 heavy (non-hydrogen) atoms. The third-order valence-corrected chi connectivity index (χ3v) is 5.82. The van der Waals surface area contributed by atoms with Gasteiger partial charge in [-0.3, -0.25) is 4.98 Å². The topological polar surface area (TPSA) is 28.2 Å². The highest BCUT2D eigenvalue weighted by atomic mass is 79.9. The minimum absolute atomic E-state index is 0.586. The molecular formula is C17H26BrN3. The smallest absolute Gasteiger partial charge is 0.0410 e. The van der Waals surface area contributed by atoms with Crippen LogP contribution in [0.4, 0.5) is 0 Å². The molecule has 3 rings (SSSR count). The molecule has 2 fully saturated rings. The van der Waals surface area contributed by atoms with Crippen molar-refractivity contribution >= 4 is 15.9 Å². The SMILES string of the molecule is CCNC(Cc1cncc(Br)c1)C1CC2CCC(C1)N2C. The van der Waals surface area contributed by atoms with Crippen molar-refractivity contribution < 1.29 is 0 Å². The standard InChI is InChI=1S/C17H26BrN3/c1-3-20-17(7-12-6-14(18)11-19-10-12)13-8-15-4-5-16(9-13)21(15)2/h6,10-11,13,15-17,20H,3-5,7-9H2,1-2H3. The van der Waals surface area contributed by atoms with Gasteiger partial charge in [-0.15, -0.1) is 0 Å². The number of pyridine rings is 1. The number of fused-ring (bicyclic) bond motifs is 2. The third kappa shape index (κ3) is 3.49. The number of piperidine rings is 1. The zero-order chi connectivity index (χ0) is 14.8. The first-order valence-corrected chi connectivity index (χ1v) is 9.01. The molecule has 2 aliphatic rings. The molecule has 0 aromatic carbocycles. The lowest BCUT2D eigenvalue weighted by atomic mass is 9.82. The Morgan fingerprint density at radius 1 is 1.33 bits per heavy atom. The molecule has 0 amide bonds. The monoisotopic (exact) mass is 351 g/mol. The Morgan fingerprint density at radius 2 is 2.05 bits per heavy atom. The summed E-state index contributed by atoms with van der Waals surface area (Å²) in [7, 11) is 2.32. The first kappa shape index (κ1) is 15.4. The Bertz CT molecular complexity index is 465. The molecular weight excluding hydrogens is 326 g/mol. The van der Waals surface area contributed by atoms with Gasteiger partial charge in [-0.2, -0.15) is 0 Å². The summed E-state index contributed by atoms with van der Waals surface area (Å²) in [6, 6.07) is 4.43. The van der Waals surface area contributed by atoms with Crippen LogP contribution in [0.15, 0.2) is 22.9 Å². The van der Waals surface area contributed by atoms with Crippen LogP contribution < -0.4 is 5.32 Å². The number of halogens is 1. The van der Waals surface area contributed by atoms with Gasteiger partial charge in [0.15, 0.2) is 0 Å². The summed E-state index contributed by atoms with van der Waals surface area (Å²) < 4.78 is 1.08. The number of hydrogen-bond acceptors (Lipinski definition) is 3. The van der Waals surface area contributed by atoms with Crippen molar-refractivity contribution in [3.05, 3.63) is 28.5 Å². The van der Waals surface area contributed by atoms with Gasteiger partial charge in [0.25, 0.3) is 0 Å². The van der Waals surface area contributed by atoms with E-state index < -0.39 is 0 Å². The highest BCUT2D eigenvalue weighted by Gasteiger charge is 2.40. The third-order valence-electron chi connectivity index (χ3n) is 5.39. The van der Waals surface area contributed by atoms with Crippen molar-refractivity contribution in [2.75, 3.05) is 13.6 Å². The fraction of sp³-hybridized carbons (Fsp3) is 0.706. The van der Waals surface area contributed by atoms with E-state index in [-0.39, 0.29) is 0 Å². The second kappa shape index (κ2) is 6.76. The molecule has 1 aromatic rings. The normalized spacial score (nSPS) is 30.5. The fourth-order valence-corrected chi connectivity index (χ4v) is 4.68. The quantitative estimate of drug-likeness (QED) is 0.882. The predicted molar refractivity (Wildman–Crippen MR) is 90.4 cm³/mol. The fourth-order valence-electron chi connectivity index (χ4n) is 4.27. The lowest BCUT2D eigenvalue weighted by molar-refractivity contribution is 0.112. The summed E-state index contributed by atoms with van der Waals surface area (Å²) in [5, 5.41) is 3.74. The van der Waals surface area contributed by atoms with Gasteiger partial charge >= 0.3 is 0 Å². The molecule has 1 aromatic heterocycles. The lowest BCUT2D eigenvalue weighted by Crippen LogP contribution is -2.47. The number of nitrogens with one attached hydrogen (secondary N) is 1. The van der Waals surface area contributed by atoms with E-state index in [4.69, 9.17) is 0 Å². The summed E-state index contributed by atoms with van der Waals surface area (Å²) in [5.41, 5.74) is 1.33. The summed E-state index contributed by atoms with van der Waals surface area (Å²) in [5.74, 6) is 0.803. The summed E-state index contributed by atoms with van der Waals surface area (Å²) in [6.45, 7) is 3.27. The van der Waals surface area contributed by atoms with Gasteiger partial charge in [0.1, 0.15) is 0 Å². The average Bonchev–Trinajstić information content (AvgIpc) is 2.69. The van der Waals surface area contributed by atoms with Crippen LogP contribution >= 0.6 is 15.9 Å². The van der Waals surface area contributed by atoms with Crippen LogP contribution in [0.2, 0.25) is 0 Å². The van der Waals surface area contributed by atoms with E-state index in [1.807, 2.05) is 12.4 Å².